The van der Waals surface area contributed by atoms with Crippen LogP contribution in [0.3, 0.4) is 0 Å². The molecule has 3 saturated carbocycles. The summed E-state index contributed by atoms with van der Waals surface area (Å²) in [6.07, 6.45) is -1.04. The fourth-order valence-corrected chi connectivity index (χ4v) is 8.08. The molecule has 2 N–H and O–H groups in total. The third-order valence-electron chi connectivity index (χ3n) is 10.2. The van der Waals surface area contributed by atoms with Crippen LogP contribution in [0.1, 0.15) is 86.6 Å². The Labute approximate surface area is 223 Å². The summed E-state index contributed by atoms with van der Waals surface area (Å²) in [5.74, 6) is -6.76. The van der Waals surface area contributed by atoms with Crippen LogP contribution in [0.2, 0.25) is 0 Å². The molecule has 1 aromatic carbocycles. The highest BCUT2D eigenvalue weighted by Gasteiger charge is 2.79. The minimum atomic E-state index is -5.88. The van der Waals surface area contributed by atoms with Crippen LogP contribution in [0.5, 0.6) is 0 Å². The van der Waals surface area contributed by atoms with Crippen LogP contribution in [0.4, 0.5) is 22.0 Å². The molecule has 3 fully saturated rings. The average Bonchev–Trinajstić information content (AvgIpc) is 3.65. The number of hydrogen-bond donors (Lipinski definition) is 2. The van der Waals surface area contributed by atoms with Gasteiger partial charge in [0.15, 0.2) is 5.78 Å². The number of benzene rings is 1. The number of carbonyl (C=O) groups is 2. The largest absolute Gasteiger partial charge is 0.456 e. The van der Waals surface area contributed by atoms with Crippen molar-refractivity contribution in [2.45, 2.75) is 94.4 Å². The van der Waals surface area contributed by atoms with Gasteiger partial charge in [-0.1, -0.05) is 24.6 Å². The Morgan fingerprint density at radius 3 is 2.33 bits per heavy atom. The van der Waals surface area contributed by atoms with Crippen molar-refractivity contribution in [3.63, 3.8) is 0 Å². The second kappa shape index (κ2) is 8.72. The number of ketones is 1. The lowest BCUT2D eigenvalue weighted by Gasteiger charge is -2.56. The molecule has 1 amide bonds. The van der Waals surface area contributed by atoms with Crippen molar-refractivity contribution in [2.24, 2.45) is 17.3 Å². The van der Waals surface area contributed by atoms with Crippen LogP contribution in [-0.4, -0.2) is 40.5 Å². The summed E-state index contributed by atoms with van der Waals surface area (Å²) in [5.41, 5.74) is -0.801. The van der Waals surface area contributed by atoms with E-state index in [0.717, 1.165) is 29.6 Å². The topological polar surface area (TPSA) is 66.4 Å². The summed E-state index contributed by atoms with van der Waals surface area (Å²) in [5, 5.41) is 14.3. The molecular weight excluding hydrogens is 517 g/mol. The van der Waals surface area contributed by atoms with E-state index in [4.69, 9.17) is 0 Å². The Balaban J connectivity index is 1.45. The molecule has 210 valence electrons. The third kappa shape index (κ3) is 3.93. The minimum absolute atomic E-state index is 0.0380. The van der Waals surface area contributed by atoms with Crippen LogP contribution in [0.15, 0.2) is 47.1 Å². The number of nitrogens with one attached hydrogen (secondary N) is 1. The zero-order valence-corrected chi connectivity index (χ0v) is 21.7. The molecular formula is C30H32F5NO3. The third-order valence-corrected chi connectivity index (χ3v) is 10.2. The first-order valence-corrected chi connectivity index (χ1v) is 13.8. The Kier molecular flexibility index (Phi) is 5.96. The van der Waals surface area contributed by atoms with Gasteiger partial charge in [0.1, 0.15) is 5.60 Å². The van der Waals surface area contributed by atoms with Gasteiger partial charge >= 0.3 is 12.1 Å². The van der Waals surface area contributed by atoms with Gasteiger partial charge in [-0.3, -0.25) is 9.59 Å². The second-order valence-electron chi connectivity index (χ2n) is 12.3. The van der Waals surface area contributed by atoms with Crippen molar-refractivity contribution in [2.75, 3.05) is 0 Å². The van der Waals surface area contributed by atoms with E-state index in [2.05, 4.69) is 5.32 Å². The van der Waals surface area contributed by atoms with Gasteiger partial charge in [0.05, 0.1) is 0 Å². The summed E-state index contributed by atoms with van der Waals surface area (Å²) in [4.78, 5) is 24.7. The van der Waals surface area contributed by atoms with E-state index in [-0.39, 0.29) is 36.5 Å². The molecule has 0 aliphatic heterocycles. The Bertz CT molecular complexity index is 1280. The highest BCUT2D eigenvalue weighted by atomic mass is 19.4. The molecule has 2 unspecified atom stereocenters. The van der Waals surface area contributed by atoms with E-state index < -0.39 is 41.4 Å². The molecule has 5 aliphatic rings. The van der Waals surface area contributed by atoms with E-state index in [1.807, 2.05) is 0 Å². The highest BCUT2D eigenvalue weighted by Crippen LogP contribution is 2.70. The number of allylic oxidation sites excluding steroid dienone is 4. The lowest BCUT2D eigenvalue weighted by molar-refractivity contribution is -0.362. The molecule has 39 heavy (non-hydrogen) atoms. The smallest absolute Gasteiger partial charge is 0.383 e. The number of hydrogen-bond acceptors (Lipinski definition) is 3. The molecule has 0 saturated heterocycles. The molecule has 1 aromatic rings. The Hall–Kier alpha value is -2.55. The van der Waals surface area contributed by atoms with Gasteiger partial charge in [-0.05, 0) is 98.1 Å². The molecule has 6 rings (SSSR count). The van der Waals surface area contributed by atoms with Crippen molar-refractivity contribution >= 4 is 11.7 Å². The van der Waals surface area contributed by atoms with E-state index in [1.54, 1.807) is 30.3 Å². The minimum Gasteiger partial charge on any atom is -0.383 e. The number of rotatable bonds is 4. The van der Waals surface area contributed by atoms with Crippen molar-refractivity contribution in [1.29, 1.82) is 0 Å². The SMILES string of the molecule is CC12C[C@H](c3ccc(C(=O)NC4CC4)cc3)C3=C4CCC(=O)C=C4CCC3[C@@H]1CC[C@@]2(O)C(F)(F)C(F)(F)F. The van der Waals surface area contributed by atoms with Gasteiger partial charge in [0, 0.05) is 29.4 Å². The monoisotopic (exact) mass is 549 g/mol. The van der Waals surface area contributed by atoms with Crippen LogP contribution in [-0.2, 0) is 4.79 Å². The molecule has 0 radical (unpaired) electrons. The normalized spacial score (nSPS) is 34.7. The van der Waals surface area contributed by atoms with E-state index in [1.165, 1.54) is 6.92 Å². The van der Waals surface area contributed by atoms with Gasteiger partial charge in [-0.2, -0.15) is 22.0 Å². The predicted octanol–water partition coefficient (Wildman–Crippen LogP) is 6.41. The van der Waals surface area contributed by atoms with Gasteiger partial charge < -0.3 is 10.4 Å². The lowest BCUT2D eigenvalue weighted by atomic mass is 9.50. The van der Waals surface area contributed by atoms with E-state index in [0.29, 0.717) is 36.8 Å². The first-order valence-electron chi connectivity index (χ1n) is 13.8. The van der Waals surface area contributed by atoms with Crippen LogP contribution in [0, 0.1) is 17.3 Å². The standard InChI is InChI=1S/C30H32F5NO3/c1-27-15-23(16-2-4-17(5-3-16)26(38)36-19-7-8-19)25-21-11-9-20(37)14-18(21)6-10-22(25)24(27)12-13-28(27,39)29(31,32)30(33,34)35/h2-5,14,19,22-24,39H,6-13,15H2,1H3,(H,36,38)/t22?,23-,24+,27?,28+/m1/s1. The first kappa shape index (κ1) is 26.7. The second-order valence-corrected chi connectivity index (χ2v) is 12.3. The summed E-state index contributed by atoms with van der Waals surface area (Å²) in [6.45, 7) is 1.41. The first-order chi connectivity index (χ1) is 18.3. The van der Waals surface area contributed by atoms with Gasteiger partial charge in [0.2, 0.25) is 0 Å². The number of halogens is 5. The Morgan fingerprint density at radius 2 is 1.69 bits per heavy atom. The fourth-order valence-electron chi connectivity index (χ4n) is 8.08. The molecule has 0 bridgehead atoms. The molecule has 0 aromatic heterocycles. The molecule has 0 heterocycles. The molecule has 5 atom stereocenters. The maximum atomic E-state index is 15.1. The number of aliphatic hydroxyl groups is 1. The average molecular weight is 550 g/mol. The zero-order valence-electron chi connectivity index (χ0n) is 21.7. The fraction of sp³-hybridized carbons (Fsp3) is 0.600. The van der Waals surface area contributed by atoms with Gasteiger partial charge in [0.25, 0.3) is 5.91 Å². The zero-order chi connectivity index (χ0) is 28.0. The number of alkyl halides is 5. The maximum absolute atomic E-state index is 15.1. The molecule has 0 spiro atoms. The number of fused-ring (bicyclic) bond motifs is 4. The summed E-state index contributed by atoms with van der Waals surface area (Å²) in [7, 11) is 0. The Morgan fingerprint density at radius 1 is 1.00 bits per heavy atom. The van der Waals surface area contributed by atoms with E-state index in [9.17, 15) is 27.9 Å². The van der Waals surface area contributed by atoms with Gasteiger partial charge in [-0.15, -0.1) is 0 Å². The number of amides is 1. The highest BCUT2D eigenvalue weighted by molar-refractivity contribution is 5.94. The number of carbonyl (C=O) groups excluding carboxylic acids is 2. The molecule has 4 nitrogen and oxygen atoms in total. The van der Waals surface area contributed by atoms with Crippen molar-refractivity contribution in [1.82, 2.24) is 5.32 Å². The predicted molar refractivity (Wildman–Crippen MR) is 133 cm³/mol. The summed E-state index contributed by atoms with van der Waals surface area (Å²) in [6, 6.07) is 7.01. The van der Waals surface area contributed by atoms with Crippen LogP contribution < -0.4 is 5.32 Å². The van der Waals surface area contributed by atoms with Crippen molar-refractivity contribution in [3.8, 4) is 0 Å². The van der Waals surface area contributed by atoms with Crippen molar-refractivity contribution in [3.05, 3.63) is 58.2 Å². The maximum Gasteiger partial charge on any atom is 0.456 e. The van der Waals surface area contributed by atoms with Crippen LogP contribution in [0.25, 0.3) is 0 Å². The van der Waals surface area contributed by atoms with Gasteiger partial charge in [-0.25, -0.2) is 0 Å². The molecule has 9 heteroatoms. The summed E-state index contributed by atoms with van der Waals surface area (Å²) >= 11 is 0. The lowest BCUT2D eigenvalue weighted by Crippen LogP contribution is -2.65. The summed E-state index contributed by atoms with van der Waals surface area (Å²) < 4.78 is 71.2. The van der Waals surface area contributed by atoms with Crippen molar-refractivity contribution < 1.29 is 36.6 Å². The molecule has 5 aliphatic carbocycles. The quantitative estimate of drug-likeness (QED) is 0.427. The van der Waals surface area contributed by atoms with Crippen LogP contribution >= 0.6 is 0 Å². The van der Waals surface area contributed by atoms with E-state index >= 15 is 8.78 Å².